The van der Waals surface area contributed by atoms with Crippen molar-refractivity contribution in [2.24, 2.45) is 0 Å². The van der Waals surface area contributed by atoms with Gasteiger partial charge in [-0.1, -0.05) is 30.3 Å². The van der Waals surface area contributed by atoms with E-state index in [1.165, 1.54) is 12.3 Å². The number of hydrogen-bond acceptors (Lipinski definition) is 5. The summed E-state index contributed by atoms with van der Waals surface area (Å²) in [6, 6.07) is 10.6. The lowest BCUT2D eigenvalue weighted by Crippen LogP contribution is -2.31. The minimum absolute atomic E-state index is 0.0693. The molecule has 1 aliphatic carbocycles. The largest absolute Gasteiger partial charge is 0.445 e. The van der Waals surface area contributed by atoms with Crippen molar-refractivity contribution in [1.82, 2.24) is 10.3 Å². The van der Waals surface area contributed by atoms with E-state index >= 15 is 0 Å². The fraction of sp³-hybridized carbons (Fsp3) is 0.294. The van der Waals surface area contributed by atoms with Crippen molar-refractivity contribution in [3.05, 3.63) is 69.5 Å². The Morgan fingerprint density at radius 1 is 1.38 bits per heavy atom. The third-order valence-corrected chi connectivity index (χ3v) is 3.99. The average molecular weight is 327 g/mol. The van der Waals surface area contributed by atoms with Gasteiger partial charge in [0.1, 0.15) is 12.8 Å². The molecule has 0 saturated carbocycles. The number of aryl methyl sites for hydroxylation is 1. The van der Waals surface area contributed by atoms with Crippen LogP contribution in [-0.2, 0) is 17.8 Å². The second-order valence-corrected chi connectivity index (χ2v) is 5.64. The van der Waals surface area contributed by atoms with E-state index < -0.39 is 11.0 Å². The number of nitrogens with zero attached hydrogens (tertiary/aromatic N) is 2. The lowest BCUT2D eigenvalue weighted by atomic mass is 9.91. The zero-order valence-corrected chi connectivity index (χ0v) is 13.0. The number of nitro groups is 1. The zero-order valence-electron chi connectivity index (χ0n) is 13.0. The Morgan fingerprint density at radius 3 is 2.92 bits per heavy atom. The van der Waals surface area contributed by atoms with E-state index in [1.54, 1.807) is 0 Å². The standard InChI is InChI=1S/C17H17N3O4/c21-17(24-11-12-5-2-1-3-6-12)19-16-8-4-7-15-14(16)9-13(10-18-15)20(22)23/h1-3,5-6,9-10,16H,4,7-8,11H2,(H,19,21). The Kier molecular flexibility index (Phi) is 4.69. The molecule has 0 bridgehead atoms. The summed E-state index contributed by atoms with van der Waals surface area (Å²) in [6.45, 7) is 0.180. The van der Waals surface area contributed by atoms with Crippen LogP contribution < -0.4 is 5.32 Å². The predicted molar refractivity (Wildman–Crippen MR) is 86.3 cm³/mol. The van der Waals surface area contributed by atoms with Crippen LogP contribution in [0, 0.1) is 10.1 Å². The van der Waals surface area contributed by atoms with Crippen LogP contribution in [-0.4, -0.2) is 16.0 Å². The van der Waals surface area contributed by atoms with E-state index in [0.717, 1.165) is 24.1 Å². The Balaban J connectivity index is 1.67. The summed E-state index contributed by atoms with van der Waals surface area (Å²) in [7, 11) is 0. The van der Waals surface area contributed by atoms with Crippen LogP contribution in [0.3, 0.4) is 0 Å². The number of rotatable bonds is 4. The van der Waals surface area contributed by atoms with Crippen LogP contribution in [0.5, 0.6) is 0 Å². The third-order valence-electron chi connectivity index (χ3n) is 3.99. The normalized spacial score (nSPS) is 16.1. The van der Waals surface area contributed by atoms with Gasteiger partial charge >= 0.3 is 6.09 Å². The maximum atomic E-state index is 12.0. The first-order valence-corrected chi connectivity index (χ1v) is 7.74. The number of aromatic nitrogens is 1. The van der Waals surface area contributed by atoms with Crippen molar-refractivity contribution < 1.29 is 14.5 Å². The van der Waals surface area contributed by atoms with Gasteiger partial charge in [-0.25, -0.2) is 4.79 Å². The first kappa shape index (κ1) is 15.9. The lowest BCUT2D eigenvalue weighted by Gasteiger charge is -2.25. The molecule has 1 heterocycles. The Labute approximate surface area is 138 Å². The molecule has 7 heteroatoms. The second kappa shape index (κ2) is 7.08. The Hall–Kier alpha value is -2.96. The summed E-state index contributed by atoms with van der Waals surface area (Å²) in [4.78, 5) is 26.6. The van der Waals surface area contributed by atoms with Gasteiger partial charge in [-0.15, -0.1) is 0 Å². The van der Waals surface area contributed by atoms with E-state index in [2.05, 4.69) is 10.3 Å². The quantitative estimate of drug-likeness (QED) is 0.687. The molecular weight excluding hydrogens is 310 g/mol. The van der Waals surface area contributed by atoms with E-state index in [-0.39, 0.29) is 18.3 Å². The van der Waals surface area contributed by atoms with Crippen LogP contribution in [0.2, 0.25) is 0 Å². The molecule has 1 aromatic heterocycles. The molecule has 124 valence electrons. The number of fused-ring (bicyclic) bond motifs is 1. The van der Waals surface area contributed by atoms with Gasteiger partial charge in [0.25, 0.3) is 5.69 Å². The maximum absolute atomic E-state index is 12.0. The maximum Gasteiger partial charge on any atom is 0.407 e. The van der Waals surface area contributed by atoms with Crippen LogP contribution in [0.25, 0.3) is 0 Å². The SMILES string of the molecule is O=C(NC1CCCc2ncc([N+](=O)[O-])cc21)OCc1ccccc1. The molecule has 3 rings (SSSR count). The van der Waals surface area contributed by atoms with Gasteiger partial charge in [-0.3, -0.25) is 15.1 Å². The van der Waals surface area contributed by atoms with Gasteiger partial charge < -0.3 is 10.1 Å². The van der Waals surface area contributed by atoms with Gasteiger partial charge in [-0.2, -0.15) is 0 Å². The minimum atomic E-state index is -0.539. The first-order chi connectivity index (χ1) is 11.6. The monoisotopic (exact) mass is 327 g/mol. The smallest absolute Gasteiger partial charge is 0.407 e. The molecule has 0 fully saturated rings. The fourth-order valence-corrected chi connectivity index (χ4v) is 2.80. The molecule has 1 aliphatic rings. The first-order valence-electron chi connectivity index (χ1n) is 7.74. The molecule has 7 nitrogen and oxygen atoms in total. The highest BCUT2D eigenvalue weighted by molar-refractivity contribution is 5.68. The van der Waals surface area contributed by atoms with Gasteiger partial charge in [0.2, 0.25) is 0 Å². The average Bonchev–Trinajstić information content (AvgIpc) is 2.61. The molecule has 0 saturated heterocycles. The van der Waals surface area contributed by atoms with Crippen LogP contribution in [0.4, 0.5) is 10.5 Å². The molecule has 1 atom stereocenters. The number of nitrogens with one attached hydrogen (secondary N) is 1. The molecule has 0 radical (unpaired) electrons. The molecule has 1 amide bonds. The van der Waals surface area contributed by atoms with Gasteiger partial charge in [0.15, 0.2) is 0 Å². The number of carbonyl (C=O) groups excluding carboxylic acids is 1. The number of carbonyl (C=O) groups is 1. The third kappa shape index (κ3) is 3.68. The number of benzene rings is 1. The van der Waals surface area contributed by atoms with Gasteiger partial charge in [-0.05, 0) is 24.8 Å². The molecular formula is C17H17N3O4. The Bertz CT molecular complexity index is 749. The minimum Gasteiger partial charge on any atom is -0.445 e. The lowest BCUT2D eigenvalue weighted by molar-refractivity contribution is -0.385. The summed E-state index contributed by atoms with van der Waals surface area (Å²) in [5.74, 6) is 0. The predicted octanol–water partition coefficient (Wildman–Crippen LogP) is 3.29. The Morgan fingerprint density at radius 2 is 2.17 bits per heavy atom. The zero-order chi connectivity index (χ0) is 16.9. The highest BCUT2D eigenvalue weighted by atomic mass is 16.6. The number of amides is 1. The van der Waals surface area contributed by atoms with Crippen LogP contribution in [0.1, 0.15) is 35.7 Å². The number of pyridine rings is 1. The molecule has 0 aliphatic heterocycles. The molecule has 1 unspecified atom stereocenters. The van der Waals surface area contributed by atoms with E-state index in [9.17, 15) is 14.9 Å². The van der Waals surface area contributed by atoms with Crippen molar-refractivity contribution in [1.29, 1.82) is 0 Å². The molecule has 1 N–H and O–H groups in total. The van der Waals surface area contributed by atoms with Crippen molar-refractivity contribution >= 4 is 11.8 Å². The van der Waals surface area contributed by atoms with E-state index in [4.69, 9.17) is 4.74 Å². The fourth-order valence-electron chi connectivity index (χ4n) is 2.80. The highest BCUT2D eigenvalue weighted by Crippen LogP contribution is 2.30. The number of hydrogen-bond donors (Lipinski definition) is 1. The summed E-state index contributed by atoms with van der Waals surface area (Å²) in [5.41, 5.74) is 2.32. The van der Waals surface area contributed by atoms with Gasteiger partial charge in [0.05, 0.1) is 11.0 Å². The topological polar surface area (TPSA) is 94.4 Å². The molecule has 24 heavy (non-hydrogen) atoms. The summed E-state index contributed by atoms with van der Waals surface area (Å²) in [5, 5.41) is 13.7. The second-order valence-electron chi connectivity index (χ2n) is 5.64. The number of ether oxygens (including phenoxy) is 1. The van der Waals surface area contributed by atoms with Crippen molar-refractivity contribution in [3.8, 4) is 0 Å². The molecule has 1 aromatic carbocycles. The van der Waals surface area contributed by atoms with Crippen molar-refractivity contribution in [2.45, 2.75) is 31.9 Å². The van der Waals surface area contributed by atoms with Crippen LogP contribution >= 0.6 is 0 Å². The number of alkyl carbamates (subject to hydrolysis) is 1. The van der Waals surface area contributed by atoms with E-state index in [1.807, 2.05) is 30.3 Å². The summed E-state index contributed by atoms with van der Waals surface area (Å²) < 4.78 is 5.22. The van der Waals surface area contributed by atoms with Gasteiger partial charge in [0, 0.05) is 17.3 Å². The molecule has 2 aromatic rings. The molecule has 0 spiro atoms. The van der Waals surface area contributed by atoms with Crippen LogP contribution in [0.15, 0.2) is 42.6 Å². The van der Waals surface area contributed by atoms with Crippen molar-refractivity contribution in [3.63, 3.8) is 0 Å². The summed E-state index contributed by atoms with van der Waals surface area (Å²) in [6.07, 6.45) is 3.04. The van der Waals surface area contributed by atoms with Crippen molar-refractivity contribution in [2.75, 3.05) is 0 Å². The summed E-state index contributed by atoms with van der Waals surface area (Å²) >= 11 is 0. The van der Waals surface area contributed by atoms with E-state index in [0.29, 0.717) is 12.0 Å². The highest BCUT2D eigenvalue weighted by Gasteiger charge is 2.25.